The van der Waals surface area contributed by atoms with Crippen LogP contribution in [0.2, 0.25) is 0 Å². The molecule has 1 N–H and O–H groups in total. The molecule has 0 aromatic heterocycles. The predicted octanol–water partition coefficient (Wildman–Crippen LogP) is 2.91. The van der Waals surface area contributed by atoms with Gasteiger partial charge in [0, 0.05) is 18.9 Å². The number of ether oxygens (including phenoxy) is 3. The van der Waals surface area contributed by atoms with Gasteiger partial charge in [-0.3, -0.25) is 9.59 Å². The van der Waals surface area contributed by atoms with E-state index in [9.17, 15) is 22.8 Å². The Labute approximate surface area is 198 Å². The summed E-state index contributed by atoms with van der Waals surface area (Å²) in [5.41, 5.74) is 1.70. The Bertz CT molecular complexity index is 1280. The van der Waals surface area contributed by atoms with Gasteiger partial charge in [-0.2, -0.15) is 0 Å². The van der Waals surface area contributed by atoms with E-state index in [1.54, 1.807) is 13.8 Å². The Kier molecular flexibility index (Phi) is 6.75. The quantitative estimate of drug-likeness (QED) is 0.502. The van der Waals surface area contributed by atoms with Crippen molar-refractivity contribution in [1.82, 2.24) is 4.72 Å². The minimum atomic E-state index is -4.21. The smallest absolute Gasteiger partial charge is 0.337 e. The molecule has 1 unspecified atom stereocenters. The molecule has 0 saturated heterocycles. The molecule has 2 aromatic carbocycles. The lowest BCUT2D eigenvalue weighted by atomic mass is 9.87. The highest BCUT2D eigenvalue weighted by molar-refractivity contribution is 7.90. The molecule has 1 atom stereocenters. The second kappa shape index (κ2) is 9.09. The van der Waals surface area contributed by atoms with Gasteiger partial charge in [0.25, 0.3) is 15.9 Å². The molecule has 182 valence electrons. The lowest BCUT2D eigenvalue weighted by molar-refractivity contribution is -0.135. The number of esters is 2. The van der Waals surface area contributed by atoms with Crippen LogP contribution in [0.5, 0.6) is 11.5 Å². The summed E-state index contributed by atoms with van der Waals surface area (Å²) < 4.78 is 43.8. The third-order valence-corrected chi connectivity index (χ3v) is 7.38. The first-order chi connectivity index (χ1) is 15.8. The molecule has 1 aliphatic heterocycles. The Balaban J connectivity index is 1.87. The van der Waals surface area contributed by atoms with Crippen molar-refractivity contribution in [3.63, 3.8) is 0 Å². The Morgan fingerprint density at radius 2 is 1.65 bits per heavy atom. The van der Waals surface area contributed by atoms with E-state index in [-0.39, 0.29) is 16.9 Å². The normalized spacial score (nSPS) is 17.2. The van der Waals surface area contributed by atoms with Gasteiger partial charge in [-0.1, -0.05) is 0 Å². The number of hydrogen-bond acceptors (Lipinski definition) is 8. The molecule has 34 heavy (non-hydrogen) atoms. The number of fused-ring (bicyclic) bond motifs is 1. The molecule has 2 aromatic rings. The van der Waals surface area contributed by atoms with Gasteiger partial charge in [-0.05, 0) is 75.1 Å². The summed E-state index contributed by atoms with van der Waals surface area (Å²) in [7, 11) is -2.99. The number of amides is 1. The van der Waals surface area contributed by atoms with Crippen molar-refractivity contribution >= 4 is 27.9 Å². The largest absolute Gasteiger partial charge is 0.477 e. The van der Waals surface area contributed by atoms with Crippen LogP contribution in [0.25, 0.3) is 0 Å². The molecule has 1 amide bonds. The fraction of sp³-hybridized carbons (Fsp3) is 0.375. The van der Waals surface area contributed by atoms with Crippen LogP contribution < -0.4 is 14.2 Å². The van der Waals surface area contributed by atoms with Crippen LogP contribution in [0.4, 0.5) is 0 Å². The molecule has 3 rings (SSSR count). The van der Waals surface area contributed by atoms with Gasteiger partial charge in [0.15, 0.2) is 5.60 Å². The molecule has 0 saturated carbocycles. The summed E-state index contributed by atoms with van der Waals surface area (Å²) in [4.78, 5) is 36.0. The van der Waals surface area contributed by atoms with Crippen LogP contribution in [0.3, 0.4) is 0 Å². The van der Waals surface area contributed by atoms with Crippen molar-refractivity contribution in [3.8, 4) is 11.5 Å². The zero-order chi connectivity index (χ0) is 25.4. The second-order valence-corrected chi connectivity index (χ2v) is 10.1. The number of rotatable bonds is 5. The molecule has 0 fully saturated rings. The van der Waals surface area contributed by atoms with Crippen LogP contribution in [0.1, 0.15) is 52.9 Å². The number of methoxy groups -OCH3 is 1. The Morgan fingerprint density at radius 1 is 1.03 bits per heavy atom. The van der Waals surface area contributed by atoms with Crippen molar-refractivity contribution in [3.05, 3.63) is 52.1 Å². The Hall–Kier alpha value is -3.40. The van der Waals surface area contributed by atoms with E-state index in [1.807, 2.05) is 6.92 Å². The molecule has 1 heterocycles. The molecule has 1 aliphatic rings. The van der Waals surface area contributed by atoms with Crippen molar-refractivity contribution in [2.75, 3.05) is 7.11 Å². The van der Waals surface area contributed by atoms with Crippen LogP contribution >= 0.6 is 0 Å². The molecular formula is C24H27NO8S. The molecule has 9 nitrogen and oxygen atoms in total. The van der Waals surface area contributed by atoms with Gasteiger partial charge in [-0.25, -0.2) is 17.9 Å². The average molecular weight is 490 g/mol. The van der Waals surface area contributed by atoms with Crippen LogP contribution in [-0.4, -0.2) is 39.0 Å². The molecule has 0 aliphatic carbocycles. The van der Waals surface area contributed by atoms with E-state index >= 15 is 0 Å². The van der Waals surface area contributed by atoms with Crippen LogP contribution in [0, 0.1) is 20.8 Å². The number of nitrogens with one attached hydrogen (secondary N) is 1. The fourth-order valence-electron chi connectivity index (χ4n) is 3.87. The molecule has 0 radical (unpaired) electrons. The van der Waals surface area contributed by atoms with Gasteiger partial charge in [0.05, 0.1) is 17.6 Å². The lowest BCUT2D eigenvalue weighted by Gasteiger charge is -2.36. The van der Waals surface area contributed by atoms with Gasteiger partial charge in [0.2, 0.25) is 0 Å². The summed E-state index contributed by atoms with van der Waals surface area (Å²) in [6.45, 7) is 8.26. The topological polar surface area (TPSA) is 125 Å². The van der Waals surface area contributed by atoms with E-state index in [0.717, 1.165) is 11.1 Å². The first kappa shape index (κ1) is 25.2. The minimum absolute atomic E-state index is 0.179. The molecular weight excluding hydrogens is 462 g/mol. The summed E-state index contributed by atoms with van der Waals surface area (Å²) >= 11 is 0. The fourth-order valence-corrected chi connectivity index (χ4v) is 4.94. The summed E-state index contributed by atoms with van der Waals surface area (Å²) in [5, 5.41) is 0. The monoisotopic (exact) mass is 489 g/mol. The predicted molar refractivity (Wildman–Crippen MR) is 122 cm³/mol. The van der Waals surface area contributed by atoms with Crippen LogP contribution in [0.15, 0.2) is 29.2 Å². The Morgan fingerprint density at radius 3 is 2.21 bits per heavy atom. The highest BCUT2D eigenvalue weighted by Gasteiger charge is 2.42. The van der Waals surface area contributed by atoms with E-state index in [0.29, 0.717) is 29.0 Å². The van der Waals surface area contributed by atoms with Gasteiger partial charge >= 0.3 is 11.9 Å². The van der Waals surface area contributed by atoms with Crippen molar-refractivity contribution < 1.29 is 37.0 Å². The average Bonchev–Trinajstić information content (AvgIpc) is 2.79. The van der Waals surface area contributed by atoms with Crippen molar-refractivity contribution in [2.45, 2.75) is 58.0 Å². The zero-order valence-electron chi connectivity index (χ0n) is 19.9. The standard InChI is InChI=1S/C24H27NO8S/c1-13-14(2)21-19(15(3)20(13)32-16(4)26)11-12-24(5,33-21)23(28)25-34(29,30)18-9-7-17(8-10-18)22(27)31-6/h7-10H,11-12H2,1-6H3,(H,25,28). The summed E-state index contributed by atoms with van der Waals surface area (Å²) in [5.74, 6) is -0.897. The first-order valence-electron chi connectivity index (χ1n) is 10.6. The maximum absolute atomic E-state index is 13.1. The third kappa shape index (κ3) is 4.63. The molecule has 10 heteroatoms. The van der Waals surface area contributed by atoms with Gasteiger partial charge < -0.3 is 14.2 Å². The van der Waals surface area contributed by atoms with Gasteiger partial charge in [-0.15, -0.1) is 0 Å². The minimum Gasteiger partial charge on any atom is -0.477 e. The number of carbonyl (C=O) groups excluding carboxylic acids is 3. The molecule has 0 spiro atoms. The summed E-state index contributed by atoms with van der Waals surface area (Å²) in [6.07, 6.45) is 0.639. The number of carbonyl (C=O) groups is 3. The van der Waals surface area contributed by atoms with Crippen molar-refractivity contribution in [2.24, 2.45) is 0 Å². The zero-order valence-corrected chi connectivity index (χ0v) is 20.7. The maximum atomic E-state index is 13.1. The summed E-state index contributed by atoms with van der Waals surface area (Å²) in [6, 6.07) is 5.04. The van der Waals surface area contributed by atoms with Crippen molar-refractivity contribution in [1.29, 1.82) is 0 Å². The highest BCUT2D eigenvalue weighted by Crippen LogP contribution is 2.44. The maximum Gasteiger partial charge on any atom is 0.337 e. The number of sulfonamides is 1. The van der Waals surface area contributed by atoms with E-state index in [4.69, 9.17) is 9.47 Å². The third-order valence-electron chi connectivity index (χ3n) is 6.03. The van der Waals surface area contributed by atoms with E-state index < -0.39 is 33.5 Å². The first-order valence-corrected chi connectivity index (χ1v) is 12.0. The second-order valence-electron chi connectivity index (χ2n) is 8.39. The molecule has 0 bridgehead atoms. The SMILES string of the molecule is COC(=O)c1ccc(S(=O)(=O)NC(=O)C2(C)CCc3c(C)c(OC(C)=O)c(C)c(C)c3O2)cc1. The lowest BCUT2D eigenvalue weighted by Crippen LogP contribution is -2.52. The van der Waals surface area contributed by atoms with E-state index in [1.165, 1.54) is 45.2 Å². The van der Waals surface area contributed by atoms with Crippen LogP contribution in [-0.2, 0) is 30.8 Å². The van der Waals surface area contributed by atoms with Gasteiger partial charge in [0.1, 0.15) is 11.5 Å². The van der Waals surface area contributed by atoms with E-state index in [2.05, 4.69) is 9.46 Å². The number of hydrogen-bond donors (Lipinski definition) is 1. The highest BCUT2D eigenvalue weighted by atomic mass is 32.2. The number of benzene rings is 2.